The number of hydrogen-bond donors (Lipinski definition) is 0. The molecule has 0 radical (unpaired) electrons. The van der Waals surface area contributed by atoms with Crippen molar-refractivity contribution in [2.45, 2.75) is 46.1 Å². The zero-order chi connectivity index (χ0) is 12.7. The highest BCUT2D eigenvalue weighted by atomic mass is 16.3. The normalized spacial score (nSPS) is 12.5. The van der Waals surface area contributed by atoms with Crippen LogP contribution in [0.2, 0.25) is 0 Å². The maximum absolute atomic E-state index is 11.0. The van der Waals surface area contributed by atoms with Crippen molar-refractivity contribution in [2.24, 2.45) is 11.2 Å². The van der Waals surface area contributed by atoms with E-state index in [4.69, 9.17) is 0 Å². The lowest BCUT2D eigenvalue weighted by atomic mass is 10.0. The summed E-state index contributed by atoms with van der Waals surface area (Å²) in [6.07, 6.45) is 3.07. The first-order chi connectivity index (χ1) is 8.19. The van der Waals surface area contributed by atoms with Crippen molar-refractivity contribution in [3.05, 3.63) is 35.2 Å². The number of rotatable bonds is 7. The van der Waals surface area contributed by atoms with Gasteiger partial charge in [-0.2, -0.15) is 0 Å². The Morgan fingerprint density at radius 1 is 1.18 bits per heavy atom. The van der Waals surface area contributed by atoms with Gasteiger partial charge < -0.3 is 0 Å². The van der Waals surface area contributed by atoms with Gasteiger partial charge in [-0.3, -0.25) is 0 Å². The standard InChI is InChI=1S/C14H22N2O/c1-4-13(11-10-12(2)3)16(15-17)14-8-6-5-7-9-14/h5-9,12-13H,4,10-11H2,1-3H3. The Morgan fingerprint density at radius 2 is 1.82 bits per heavy atom. The van der Waals surface area contributed by atoms with Crippen molar-refractivity contribution < 1.29 is 0 Å². The van der Waals surface area contributed by atoms with Gasteiger partial charge in [0.2, 0.25) is 0 Å². The third-order valence-corrected chi connectivity index (χ3v) is 3.00. The molecule has 0 saturated carbocycles. The summed E-state index contributed by atoms with van der Waals surface area (Å²) in [5, 5.41) is 4.80. The summed E-state index contributed by atoms with van der Waals surface area (Å²) in [5.41, 5.74) is 0.887. The summed E-state index contributed by atoms with van der Waals surface area (Å²) in [7, 11) is 0. The average molecular weight is 234 g/mol. The Bertz CT molecular complexity index is 324. The summed E-state index contributed by atoms with van der Waals surface area (Å²) < 4.78 is 0. The van der Waals surface area contributed by atoms with Gasteiger partial charge in [-0.05, 0) is 37.3 Å². The van der Waals surface area contributed by atoms with Crippen molar-refractivity contribution in [1.29, 1.82) is 0 Å². The molecule has 1 atom stereocenters. The summed E-state index contributed by atoms with van der Waals surface area (Å²) in [6, 6.07) is 9.88. The van der Waals surface area contributed by atoms with Crippen molar-refractivity contribution in [1.82, 2.24) is 0 Å². The first-order valence-corrected chi connectivity index (χ1v) is 6.36. The molecule has 0 saturated heterocycles. The van der Waals surface area contributed by atoms with Gasteiger partial charge in [-0.1, -0.05) is 39.0 Å². The van der Waals surface area contributed by atoms with E-state index in [1.165, 1.54) is 0 Å². The zero-order valence-corrected chi connectivity index (χ0v) is 11.0. The molecule has 0 aliphatic heterocycles. The van der Waals surface area contributed by atoms with Gasteiger partial charge in [0.05, 0.1) is 17.0 Å². The molecule has 94 valence electrons. The molecule has 0 spiro atoms. The van der Waals surface area contributed by atoms with E-state index < -0.39 is 0 Å². The predicted octanol–water partition coefficient (Wildman–Crippen LogP) is 4.39. The predicted molar refractivity (Wildman–Crippen MR) is 72.9 cm³/mol. The monoisotopic (exact) mass is 234 g/mol. The van der Waals surface area contributed by atoms with Crippen LogP contribution in [0.15, 0.2) is 35.6 Å². The number of anilines is 1. The average Bonchev–Trinajstić information content (AvgIpc) is 2.35. The first kappa shape index (κ1) is 13.7. The second-order valence-corrected chi connectivity index (χ2v) is 4.80. The highest BCUT2D eigenvalue weighted by Crippen LogP contribution is 2.22. The van der Waals surface area contributed by atoms with Gasteiger partial charge in [-0.25, -0.2) is 5.01 Å². The fourth-order valence-corrected chi connectivity index (χ4v) is 1.93. The smallest absolute Gasteiger partial charge is 0.0629 e. The highest BCUT2D eigenvalue weighted by Gasteiger charge is 2.18. The van der Waals surface area contributed by atoms with E-state index in [0.29, 0.717) is 5.92 Å². The largest absolute Gasteiger partial charge is 0.226 e. The van der Waals surface area contributed by atoms with Crippen LogP contribution in [0.3, 0.4) is 0 Å². The van der Waals surface area contributed by atoms with Crippen molar-refractivity contribution >= 4 is 5.69 Å². The Morgan fingerprint density at radius 3 is 2.29 bits per heavy atom. The molecule has 1 rings (SSSR count). The fourth-order valence-electron chi connectivity index (χ4n) is 1.93. The minimum absolute atomic E-state index is 0.206. The molecule has 0 amide bonds. The summed E-state index contributed by atoms with van der Waals surface area (Å²) in [5.74, 6) is 0.660. The van der Waals surface area contributed by atoms with Crippen molar-refractivity contribution in [2.75, 3.05) is 5.01 Å². The van der Waals surface area contributed by atoms with Gasteiger partial charge >= 0.3 is 0 Å². The molecule has 0 bridgehead atoms. The van der Waals surface area contributed by atoms with E-state index in [1.54, 1.807) is 5.01 Å². The molecule has 0 aliphatic carbocycles. The van der Waals surface area contributed by atoms with E-state index in [1.807, 2.05) is 30.3 Å². The van der Waals surface area contributed by atoms with Crippen LogP contribution >= 0.6 is 0 Å². The maximum atomic E-state index is 11.0. The molecule has 0 aromatic heterocycles. The van der Waals surface area contributed by atoms with Crippen LogP contribution in [0.4, 0.5) is 5.69 Å². The molecule has 0 N–H and O–H groups in total. The second-order valence-electron chi connectivity index (χ2n) is 4.80. The molecule has 0 aliphatic rings. The van der Waals surface area contributed by atoms with Crippen LogP contribution in [0.25, 0.3) is 0 Å². The van der Waals surface area contributed by atoms with Crippen LogP contribution in [0.5, 0.6) is 0 Å². The van der Waals surface area contributed by atoms with E-state index in [9.17, 15) is 4.91 Å². The number of nitrogens with zero attached hydrogens (tertiary/aromatic N) is 2. The molecule has 0 fully saturated rings. The summed E-state index contributed by atoms with van der Waals surface area (Å²) in [4.78, 5) is 11.0. The lowest BCUT2D eigenvalue weighted by Gasteiger charge is -2.26. The van der Waals surface area contributed by atoms with Crippen LogP contribution in [0.1, 0.15) is 40.0 Å². The van der Waals surface area contributed by atoms with Crippen molar-refractivity contribution in [3.8, 4) is 0 Å². The van der Waals surface area contributed by atoms with E-state index in [-0.39, 0.29) is 6.04 Å². The van der Waals surface area contributed by atoms with Gasteiger partial charge in [-0.15, -0.1) is 4.91 Å². The minimum Gasteiger partial charge on any atom is -0.226 e. The quantitative estimate of drug-likeness (QED) is 0.517. The Balaban J connectivity index is 2.73. The van der Waals surface area contributed by atoms with Gasteiger partial charge in [0.15, 0.2) is 0 Å². The molecular weight excluding hydrogens is 212 g/mol. The molecule has 1 aromatic carbocycles. The van der Waals surface area contributed by atoms with Crippen LogP contribution in [-0.2, 0) is 0 Å². The third-order valence-electron chi connectivity index (χ3n) is 3.00. The molecule has 0 heterocycles. The number of nitroso groups, excluding NO2 is 1. The Kier molecular flexibility index (Phi) is 5.67. The number of benzene rings is 1. The molecule has 3 nitrogen and oxygen atoms in total. The zero-order valence-electron chi connectivity index (χ0n) is 11.0. The molecule has 3 heteroatoms. The van der Waals surface area contributed by atoms with Gasteiger partial charge in [0.1, 0.15) is 0 Å². The second kappa shape index (κ2) is 7.05. The van der Waals surface area contributed by atoms with Crippen molar-refractivity contribution in [3.63, 3.8) is 0 Å². The lowest BCUT2D eigenvalue weighted by molar-refractivity contribution is 0.466. The van der Waals surface area contributed by atoms with E-state index in [2.05, 4.69) is 26.1 Å². The molecular formula is C14H22N2O. The summed E-state index contributed by atoms with van der Waals surface area (Å²) >= 11 is 0. The topological polar surface area (TPSA) is 32.7 Å². The molecule has 1 unspecified atom stereocenters. The number of hydrogen-bond acceptors (Lipinski definition) is 2. The van der Waals surface area contributed by atoms with E-state index in [0.717, 1.165) is 24.9 Å². The summed E-state index contributed by atoms with van der Waals surface area (Å²) in [6.45, 7) is 6.51. The maximum Gasteiger partial charge on any atom is 0.0629 e. The third kappa shape index (κ3) is 4.17. The van der Waals surface area contributed by atoms with Crippen LogP contribution < -0.4 is 5.01 Å². The SMILES string of the molecule is CCC(CCC(C)C)N(N=O)c1ccccc1. The first-order valence-electron chi connectivity index (χ1n) is 6.36. The molecule has 17 heavy (non-hydrogen) atoms. The van der Waals surface area contributed by atoms with E-state index >= 15 is 0 Å². The minimum atomic E-state index is 0.206. The highest BCUT2D eigenvalue weighted by molar-refractivity contribution is 5.45. The van der Waals surface area contributed by atoms with Gasteiger partial charge in [0, 0.05) is 0 Å². The lowest BCUT2D eigenvalue weighted by Crippen LogP contribution is -2.30. The Hall–Kier alpha value is -1.38. The fraction of sp³-hybridized carbons (Fsp3) is 0.571. The van der Waals surface area contributed by atoms with Gasteiger partial charge in [0.25, 0.3) is 0 Å². The van der Waals surface area contributed by atoms with Crippen LogP contribution in [0, 0.1) is 10.8 Å². The Labute approximate surface area is 104 Å². The van der Waals surface area contributed by atoms with Crippen LogP contribution in [-0.4, -0.2) is 6.04 Å². The molecule has 1 aromatic rings. The number of para-hydroxylation sites is 1.